The van der Waals surface area contributed by atoms with Crippen molar-refractivity contribution in [3.05, 3.63) is 20.3 Å². The number of thiophene rings is 1. The van der Waals surface area contributed by atoms with Gasteiger partial charge in [0.2, 0.25) is 0 Å². The first-order valence-corrected chi connectivity index (χ1v) is 9.03. The second-order valence-electron chi connectivity index (χ2n) is 5.79. The Kier molecular flexibility index (Phi) is 5.64. The number of aryl methyl sites for hydroxylation is 1. The second kappa shape index (κ2) is 7.03. The molecule has 0 radical (unpaired) electrons. The van der Waals surface area contributed by atoms with Gasteiger partial charge in [0.15, 0.2) is 5.78 Å². The van der Waals surface area contributed by atoms with Crippen molar-refractivity contribution in [1.82, 2.24) is 0 Å². The molecule has 1 fully saturated rings. The van der Waals surface area contributed by atoms with Crippen LogP contribution in [-0.4, -0.2) is 5.78 Å². The average molecular weight is 343 g/mol. The highest BCUT2D eigenvalue weighted by Crippen LogP contribution is 2.36. The van der Waals surface area contributed by atoms with Crippen molar-refractivity contribution >= 4 is 33.0 Å². The minimum absolute atomic E-state index is 0.280. The summed E-state index contributed by atoms with van der Waals surface area (Å²) in [4.78, 5) is 13.4. The summed E-state index contributed by atoms with van der Waals surface area (Å²) in [6.45, 7) is 4.31. The lowest BCUT2D eigenvalue weighted by Crippen LogP contribution is -2.21. The van der Waals surface area contributed by atoms with Crippen molar-refractivity contribution in [2.75, 3.05) is 0 Å². The molecule has 1 nitrogen and oxygen atoms in total. The van der Waals surface area contributed by atoms with Gasteiger partial charge in [-0.05, 0) is 66.1 Å². The van der Waals surface area contributed by atoms with E-state index in [1.165, 1.54) is 37.7 Å². The Hall–Kier alpha value is -0.150. The largest absolute Gasteiger partial charge is 0.293 e. The highest BCUT2D eigenvalue weighted by atomic mass is 79.9. The van der Waals surface area contributed by atoms with Crippen LogP contribution >= 0.6 is 27.3 Å². The molecule has 0 unspecified atom stereocenters. The van der Waals surface area contributed by atoms with Gasteiger partial charge in [-0.15, -0.1) is 11.3 Å². The maximum atomic E-state index is 12.5. The smallest absolute Gasteiger partial charge is 0.175 e. The van der Waals surface area contributed by atoms with Gasteiger partial charge in [-0.3, -0.25) is 4.79 Å². The number of hydrogen-bond donors (Lipinski definition) is 0. The molecule has 0 atom stereocenters. The lowest BCUT2D eigenvalue weighted by molar-refractivity contribution is 0.0873. The van der Waals surface area contributed by atoms with E-state index < -0.39 is 0 Å². The molecule has 1 aliphatic carbocycles. The molecule has 1 saturated carbocycles. The molecule has 0 aliphatic heterocycles. The summed E-state index contributed by atoms with van der Waals surface area (Å²) in [5, 5.41) is 0. The molecule has 1 aromatic rings. The molecule has 1 aliphatic rings. The Morgan fingerprint density at radius 2 is 2.05 bits per heavy atom. The summed E-state index contributed by atoms with van der Waals surface area (Å²) >= 11 is 5.11. The summed E-state index contributed by atoms with van der Waals surface area (Å²) in [5.41, 5.74) is 1.19. The van der Waals surface area contributed by atoms with Crippen molar-refractivity contribution in [3.8, 4) is 0 Å². The standard InChI is InChI=1S/C16H23BrOS/c1-3-4-5-12-6-8-13(9-7-12)15(18)14-10-11(2)16(17)19-14/h10,12-13H,3-9H2,1-2H3. The van der Waals surface area contributed by atoms with Crippen LogP contribution in [-0.2, 0) is 0 Å². The number of ketones is 1. The van der Waals surface area contributed by atoms with Crippen molar-refractivity contribution in [2.45, 2.75) is 58.8 Å². The molecule has 1 heterocycles. The van der Waals surface area contributed by atoms with Crippen LogP contribution in [0.25, 0.3) is 0 Å². The first-order chi connectivity index (χ1) is 9.11. The maximum absolute atomic E-state index is 12.5. The molecule has 0 amide bonds. The van der Waals surface area contributed by atoms with Crippen molar-refractivity contribution in [1.29, 1.82) is 0 Å². The number of hydrogen-bond acceptors (Lipinski definition) is 2. The first-order valence-electron chi connectivity index (χ1n) is 7.42. The van der Waals surface area contributed by atoms with Crippen LogP contribution in [0.5, 0.6) is 0 Å². The zero-order valence-corrected chi connectivity index (χ0v) is 14.3. The summed E-state index contributed by atoms with van der Waals surface area (Å²) in [6.07, 6.45) is 8.70. The Morgan fingerprint density at radius 1 is 1.37 bits per heavy atom. The topological polar surface area (TPSA) is 17.1 Å². The third-order valence-corrected chi connectivity index (χ3v) is 6.43. The summed E-state index contributed by atoms with van der Waals surface area (Å²) < 4.78 is 1.10. The average Bonchev–Trinajstić information content (AvgIpc) is 2.76. The first kappa shape index (κ1) is 15.2. The van der Waals surface area contributed by atoms with Gasteiger partial charge >= 0.3 is 0 Å². The molecule has 0 aromatic carbocycles. The van der Waals surface area contributed by atoms with E-state index >= 15 is 0 Å². The third-order valence-electron chi connectivity index (χ3n) is 4.28. The van der Waals surface area contributed by atoms with Gasteiger partial charge in [0.1, 0.15) is 0 Å². The molecular weight excluding hydrogens is 320 g/mol. The molecule has 0 N–H and O–H groups in total. The molecule has 106 valence electrons. The quantitative estimate of drug-likeness (QED) is 0.599. The zero-order chi connectivity index (χ0) is 13.8. The fourth-order valence-electron chi connectivity index (χ4n) is 2.99. The zero-order valence-electron chi connectivity index (χ0n) is 11.9. The number of halogens is 1. The van der Waals surface area contributed by atoms with Crippen molar-refractivity contribution < 1.29 is 4.79 Å². The van der Waals surface area contributed by atoms with Gasteiger partial charge in [0, 0.05) is 5.92 Å². The van der Waals surface area contributed by atoms with Crippen LogP contribution in [0.15, 0.2) is 9.85 Å². The van der Waals surface area contributed by atoms with E-state index in [9.17, 15) is 4.79 Å². The van der Waals surface area contributed by atoms with E-state index in [1.54, 1.807) is 11.3 Å². The fraction of sp³-hybridized carbons (Fsp3) is 0.688. The molecular formula is C16H23BrOS. The van der Waals surface area contributed by atoms with Gasteiger partial charge in [-0.2, -0.15) is 0 Å². The van der Waals surface area contributed by atoms with Gasteiger partial charge in [0.05, 0.1) is 8.66 Å². The van der Waals surface area contributed by atoms with Crippen LogP contribution in [0.1, 0.15) is 67.1 Å². The van der Waals surface area contributed by atoms with Gasteiger partial charge < -0.3 is 0 Å². The molecule has 0 bridgehead atoms. The van der Waals surface area contributed by atoms with E-state index in [2.05, 4.69) is 29.8 Å². The fourth-order valence-corrected chi connectivity index (χ4v) is 4.54. The van der Waals surface area contributed by atoms with E-state index in [1.807, 2.05) is 6.07 Å². The number of rotatable bonds is 5. The van der Waals surface area contributed by atoms with Crippen LogP contribution in [0.4, 0.5) is 0 Å². The lowest BCUT2D eigenvalue weighted by Gasteiger charge is -2.27. The Bertz CT molecular complexity index is 410. The SMILES string of the molecule is CCCCC1CCC(C(=O)c2cc(C)c(Br)s2)CC1. The monoisotopic (exact) mass is 342 g/mol. The van der Waals surface area contributed by atoms with Crippen LogP contribution in [0, 0.1) is 18.8 Å². The Labute approximate surface area is 128 Å². The maximum Gasteiger partial charge on any atom is 0.175 e. The normalized spacial score (nSPS) is 23.5. The lowest BCUT2D eigenvalue weighted by atomic mass is 9.78. The van der Waals surface area contributed by atoms with E-state index in [4.69, 9.17) is 0 Å². The summed E-state index contributed by atoms with van der Waals surface area (Å²) in [7, 11) is 0. The van der Waals surface area contributed by atoms with E-state index in [0.717, 1.165) is 27.4 Å². The van der Waals surface area contributed by atoms with Crippen LogP contribution < -0.4 is 0 Å². The summed E-state index contributed by atoms with van der Waals surface area (Å²) in [6, 6.07) is 2.04. The van der Waals surface area contributed by atoms with E-state index in [-0.39, 0.29) is 5.92 Å². The van der Waals surface area contributed by atoms with Crippen LogP contribution in [0.3, 0.4) is 0 Å². The predicted molar refractivity (Wildman–Crippen MR) is 86.1 cm³/mol. The highest BCUT2D eigenvalue weighted by molar-refractivity contribution is 9.11. The van der Waals surface area contributed by atoms with Gasteiger partial charge in [-0.25, -0.2) is 0 Å². The Balaban J connectivity index is 1.89. The van der Waals surface area contributed by atoms with Crippen LogP contribution in [0.2, 0.25) is 0 Å². The minimum Gasteiger partial charge on any atom is -0.293 e. The van der Waals surface area contributed by atoms with Crippen molar-refractivity contribution in [3.63, 3.8) is 0 Å². The predicted octanol–water partition coefficient (Wildman–Crippen LogP) is 6.00. The molecule has 0 saturated heterocycles. The van der Waals surface area contributed by atoms with Gasteiger partial charge in [-0.1, -0.05) is 26.2 Å². The third kappa shape index (κ3) is 3.91. The number of unbranched alkanes of at least 4 members (excludes halogenated alkanes) is 1. The molecule has 1 aromatic heterocycles. The van der Waals surface area contributed by atoms with E-state index in [0.29, 0.717) is 5.78 Å². The molecule has 2 rings (SSSR count). The molecule has 0 spiro atoms. The minimum atomic E-state index is 0.280. The number of carbonyl (C=O) groups excluding carboxylic acids is 1. The summed E-state index contributed by atoms with van der Waals surface area (Å²) in [5.74, 6) is 1.54. The second-order valence-corrected chi connectivity index (χ2v) is 8.16. The van der Waals surface area contributed by atoms with Crippen molar-refractivity contribution in [2.24, 2.45) is 11.8 Å². The number of carbonyl (C=O) groups is 1. The van der Waals surface area contributed by atoms with Gasteiger partial charge in [0.25, 0.3) is 0 Å². The number of Topliss-reactive ketones (excluding diaryl/α,β-unsaturated/α-hetero) is 1. The Morgan fingerprint density at radius 3 is 2.58 bits per heavy atom. The molecule has 19 heavy (non-hydrogen) atoms. The molecule has 3 heteroatoms. The highest BCUT2D eigenvalue weighted by Gasteiger charge is 2.27.